The molecule has 0 atom stereocenters. The quantitative estimate of drug-likeness (QED) is 0.823. The lowest BCUT2D eigenvalue weighted by Gasteiger charge is -2.28. The van der Waals surface area contributed by atoms with Gasteiger partial charge in [-0.25, -0.2) is 9.97 Å². The number of rotatable bonds is 4. The van der Waals surface area contributed by atoms with E-state index in [0.717, 1.165) is 30.5 Å². The maximum absolute atomic E-state index is 5.16. The molecule has 1 saturated heterocycles. The van der Waals surface area contributed by atoms with Crippen molar-refractivity contribution in [1.29, 1.82) is 0 Å². The highest BCUT2D eigenvalue weighted by atomic mass is 32.1. The highest BCUT2D eigenvalue weighted by molar-refractivity contribution is 7.81. The predicted octanol–water partition coefficient (Wildman–Crippen LogP) is 2.58. The van der Waals surface area contributed by atoms with Crippen LogP contribution in [0.5, 0.6) is 0 Å². The summed E-state index contributed by atoms with van der Waals surface area (Å²) in [5.41, 5.74) is 0.951. The van der Waals surface area contributed by atoms with E-state index in [4.69, 9.17) is 4.74 Å². The first-order valence-corrected chi connectivity index (χ1v) is 6.77. The van der Waals surface area contributed by atoms with Crippen molar-refractivity contribution in [1.82, 2.24) is 9.97 Å². The first-order valence-electron chi connectivity index (χ1n) is 6.32. The van der Waals surface area contributed by atoms with Gasteiger partial charge in [0.05, 0.1) is 24.9 Å². The molecule has 2 rings (SSSR count). The summed E-state index contributed by atoms with van der Waals surface area (Å²) in [5.74, 6) is 2.04. The van der Waals surface area contributed by atoms with Gasteiger partial charge in [-0.1, -0.05) is 13.8 Å². The monoisotopic (exact) mass is 267 g/mol. The van der Waals surface area contributed by atoms with Crippen LogP contribution in [0, 0.1) is 0 Å². The van der Waals surface area contributed by atoms with Gasteiger partial charge in [-0.05, 0) is 13.8 Å². The van der Waals surface area contributed by atoms with E-state index >= 15 is 0 Å². The van der Waals surface area contributed by atoms with Crippen LogP contribution in [-0.2, 0) is 9.48 Å². The summed E-state index contributed by atoms with van der Waals surface area (Å²) in [6.07, 6.45) is 0. The molecule has 1 aliphatic heterocycles. The first-order chi connectivity index (χ1) is 8.36. The van der Waals surface area contributed by atoms with E-state index in [1.165, 1.54) is 0 Å². The van der Waals surface area contributed by atoms with Crippen LogP contribution in [0.1, 0.15) is 45.1 Å². The lowest BCUT2D eigenvalue weighted by atomic mass is 10.1. The molecule has 1 fully saturated rings. The van der Waals surface area contributed by atoms with Crippen molar-refractivity contribution in [2.45, 2.75) is 44.4 Å². The standard InChI is InChI=1S/C13H21N3OS/c1-8(2)12-15-10(13(3,4)18)5-11(16-12)14-9-6-17-7-9/h5,8-9,18H,6-7H2,1-4H3,(H,14,15,16). The van der Waals surface area contributed by atoms with Crippen LogP contribution in [0.4, 0.5) is 5.82 Å². The van der Waals surface area contributed by atoms with Gasteiger partial charge in [-0.2, -0.15) is 12.6 Å². The summed E-state index contributed by atoms with van der Waals surface area (Å²) in [6, 6.07) is 2.35. The summed E-state index contributed by atoms with van der Waals surface area (Å²) in [4.78, 5) is 9.15. The Morgan fingerprint density at radius 3 is 2.50 bits per heavy atom. The third kappa shape index (κ3) is 3.14. The average molecular weight is 267 g/mol. The van der Waals surface area contributed by atoms with E-state index in [2.05, 4.69) is 41.8 Å². The fraction of sp³-hybridized carbons (Fsp3) is 0.692. The number of aromatic nitrogens is 2. The van der Waals surface area contributed by atoms with Crippen LogP contribution in [0.2, 0.25) is 0 Å². The summed E-state index contributed by atoms with van der Waals surface area (Å²) >= 11 is 4.59. The number of nitrogens with one attached hydrogen (secondary N) is 1. The Hall–Kier alpha value is -0.810. The van der Waals surface area contributed by atoms with Gasteiger partial charge in [0.25, 0.3) is 0 Å². The van der Waals surface area contributed by atoms with Gasteiger partial charge in [-0.15, -0.1) is 0 Å². The number of anilines is 1. The highest BCUT2D eigenvalue weighted by Crippen LogP contribution is 2.28. The minimum Gasteiger partial charge on any atom is -0.377 e. The summed E-state index contributed by atoms with van der Waals surface area (Å²) in [6.45, 7) is 9.78. The number of thiol groups is 1. The van der Waals surface area contributed by atoms with Crippen molar-refractivity contribution in [3.8, 4) is 0 Å². The maximum atomic E-state index is 5.16. The number of hydrogen-bond donors (Lipinski definition) is 2. The van der Waals surface area contributed by atoms with E-state index in [1.807, 2.05) is 19.9 Å². The van der Waals surface area contributed by atoms with Gasteiger partial charge < -0.3 is 10.1 Å². The van der Waals surface area contributed by atoms with Crippen molar-refractivity contribution in [2.75, 3.05) is 18.5 Å². The highest BCUT2D eigenvalue weighted by Gasteiger charge is 2.23. The van der Waals surface area contributed by atoms with E-state index in [1.54, 1.807) is 0 Å². The second-order valence-corrected chi connectivity index (χ2v) is 6.71. The Morgan fingerprint density at radius 1 is 1.39 bits per heavy atom. The lowest BCUT2D eigenvalue weighted by molar-refractivity contribution is 0.0209. The van der Waals surface area contributed by atoms with E-state index in [0.29, 0.717) is 12.0 Å². The number of ether oxygens (including phenoxy) is 1. The molecule has 1 aromatic heterocycles. The Balaban J connectivity index is 2.29. The molecule has 5 heteroatoms. The summed E-state index contributed by atoms with van der Waals surface area (Å²) in [5, 5.41) is 3.38. The second-order valence-electron chi connectivity index (χ2n) is 5.59. The molecule has 0 saturated carbocycles. The van der Waals surface area contributed by atoms with Gasteiger partial charge in [0.2, 0.25) is 0 Å². The molecule has 0 spiro atoms. The molecule has 0 radical (unpaired) electrons. The third-order valence-electron chi connectivity index (χ3n) is 2.88. The Kier molecular flexibility index (Phi) is 3.82. The molecule has 0 bridgehead atoms. The fourth-order valence-corrected chi connectivity index (χ4v) is 1.75. The van der Waals surface area contributed by atoms with Gasteiger partial charge in [0.15, 0.2) is 0 Å². The van der Waals surface area contributed by atoms with Gasteiger partial charge in [0.1, 0.15) is 11.6 Å². The summed E-state index contributed by atoms with van der Waals surface area (Å²) in [7, 11) is 0. The van der Waals surface area contributed by atoms with E-state index in [-0.39, 0.29) is 4.75 Å². The Bertz CT molecular complexity index is 425. The SMILES string of the molecule is CC(C)c1nc(NC2COC2)cc(C(C)(C)S)n1. The Morgan fingerprint density at radius 2 is 2.06 bits per heavy atom. The minimum absolute atomic E-state index is 0.265. The largest absolute Gasteiger partial charge is 0.377 e. The molecular formula is C13H21N3OS. The maximum Gasteiger partial charge on any atom is 0.133 e. The topological polar surface area (TPSA) is 47.0 Å². The average Bonchev–Trinajstić information content (AvgIpc) is 2.22. The molecule has 0 aromatic carbocycles. The molecule has 1 aromatic rings. The predicted molar refractivity (Wildman–Crippen MR) is 76.4 cm³/mol. The van der Waals surface area contributed by atoms with Crippen LogP contribution in [0.15, 0.2) is 6.07 Å². The molecule has 1 aliphatic rings. The van der Waals surface area contributed by atoms with Crippen LogP contribution in [0.3, 0.4) is 0 Å². The minimum atomic E-state index is -0.265. The zero-order chi connectivity index (χ0) is 13.3. The van der Waals surface area contributed by atoms with Crippen LogP contribution in [0.25, 0.3) is 0 Å². The molecule has 0 amide bonds. The van der Waals surface area contributed by atoms with Gasteiger partial charge >= 0.3 is 0 Å². The van der Waals surface area contributed by atoms with Crippen molar-refractivity contribution < 1.29 is 4.74 Å². The van der Waals surface area contributed by atoms with Crippen molar-refractivity contribution in [3.63, 3.8) is 0 Å². The van der Waals surface area contributed by atoms with E-state index < -0.39 is 0 Å². The van der Waals surface area contributed by atoms with Gasteiger partial charge in [-0.3, -0.25) is 0 Å². The zero-order valence-electron chi connectivity index (χ0n) is 11.4. The van der Waals surface area contributed by atoms with Gasteiger partial charge in [0, 0.05) is 16.7 Å². The molecular weight excluding hydrogens is 246 g/mol. The van der Waals surface area contributed by atoms with Crippen molar-refractivity contribution >= 4 is 18.4 Å². The second kappa shape index (κ2) is 5.05. The number of nitrogens with zero attached hydrogens (tertiary/aromatic N) is 2. The molecule has 0 unspecified atom stereocenters. The molecule has 18 heavy (non-hydrogen) atoms. The molecule has 0 aliphatic carbocycles. The summed E-state index contributed by atoms with van der Waals surface area (Å²) < 4.78 is 4.90. The normalized spacial score (nSPS) is 16.8. The zero-order valence-corrected chi connectivity index (χ0v) is 12.3. The van der Waals surface area contributed by atoms with Crippen LogP contribution < -0.4 is 5.32 Å². The van der Waals surface area contributed by atoms with E-state index in [9.17, 15) is 0 Å². The molecule has 4 nitrogen and oxygen atoms in total. The molecule has 100 valence electrons. The lowest BCUT2D eigenvalue weighted by Crippen LogP contribution is -2.40. The Labute approximate surface area is 114 Å². The number of hydrogen-bond acceptors (Lipinski definition) is 5. The van der Waals surface area contributed by atoms with Crippen LogP contribution in [-0.4, -0.2) is 29.2 Å². The van der Waals surface area contributed by atoms with Crippen LogP contribution >= 0.6 is 12.6 Å². The smallest absolute Gasteiger partial charge is 0.133 e. The third-order valence-corrected chi connectivity index (χ3v) is 3.11. The molecule has 1 N–H and O–H groups in total. The fourth-order valence-electron chi connectivity index (χ4n) is 1.64. The molecule has 2 heterocycles. The van der Waals surface area contributed by atoms with Crippen molar-refractivity contribution in [2.24, 2.45) is 0 Å². The van der Waals surface area contributed by atoms with Crippen molar-refractivity contribution in [3.05, 3.63) is 17.6 Å². The first kappa shape index (κ1) is 13.6.